The minimum atomic E-state index is 1.13. The lowest BCUT2D eigenvalue weighted by molar-refractivity contribution is 1.20. The van der Waals surface area contributed by atoms with Crippen LogP contribution >= 0.6 is 0 Å². The molecule has 2 heterocycles. The van der Waals surface area contributed by atoms with Gasteiger partial charge in [-0.05, 0) is 18.1 Å². The van der Waals surface area contributed by atoms with Gasteiger partial charge in [0.1, 0.15) is 0 Å². The molecule has 2 aliphatic heterocycles. The van der Waals surface area contributed by atoms with Crippen molar-refractivity contribution in [3.05, 3.63) is 41.6 Å². The number of anilines is 1. The van der Waals surface area contributed by atoms with Crippen molar-refractivity contribution < 1.29 is 0 Å². The molecule has 1 fully saturated rings. The van der Waals surface area contributed by atoms with E-state index in [1.807, 2.05) is 0 Å². The van der Waals surface area contributed by atoms with Crippen LogP contribution in [0.1, 0.15) is 5.56 Å². The molecule has 2 aliphatic rings. The number of para-hydroxylation sites is 1. The summed E-state index contributed by atoms with van der Waals surface area (Å²) in [6.45, 7) is 1.16. The highest BCUT2D eigenvalue weighted by Gasteiger charge is 2.30. The summed E-state index contributed by atoms with van der Waals surface area (Å²) in [4.78, 5) is 2.36. The molecule has 0 amide bonds. The molecule has 0 unspecified atom stereocenters. The third-order valence-corrected chi connectivity index (χ3v) is 2.40. The average molecular weight is 143 g/mol. The Morgan fingerprint density at radius 1 is 1.18 bits per heavy atom. The van der Waals surface area contributed by atoms with E-state index in [1.54, 1.807) is 0 Å². The highest BCUT2D eigenvalue weighted by Crippen LogP contribution is 2.37. The van der Waals surface area contributed by atoms with E-state index in [1.165, 1.54) is 16.9 Å². The number of hydrogen-bond acceptors (Lipinski definition) is 1. The van der Waals surface area contributed by atoms with E-state index in [2.05, 4.69) is 35.2 Å². The van der Waals surface area contributed by atoms with Gasteiger partial charge >= 0.3 is 0 Å². The van der Waals surface area contributed by atoms with E-state index in [4.69, 9.17) is 0 Å². The van der Waals surface area contributed by atoms with Gasteiger partial charge in [-0.3, -0.25) is 0 Å². The van der Waals surface area contributed by atoms with E-state index in [9.17, 15) is 0 Å². The Balaban J connectivity index is 2.21. The fourth-order valence-corrected chi connectivity index (χ4v) is 1.72. The van der Waals surface area contributed by atoms with Gasteiger partial charge in [-0.1, -0.05) is 24.3 Å². The first-order chi connectivity index (χ1) is 5.45. The predicted octanol–water partition coefficient (Wildman–Crippen LogP) is 1.95. The topological polar surface area (TPSA) is 3.01 Å². The van der Waals surface area contributed by atoms with Crippen molar-refractivity contribution in [2.24, 2.45) is 0 Å². The third-order valence-electron chi connectivity index (χ3n) is 2.40. The average Bonchev–Trinajstić information content (AvgIpc) is 2.83. The molecule has 1 aromatic carbocycles. The Morgan fingerprint density at radius 3 is 3.09 bits per heavy atom. The second-order valence-electron chi connectivity index (χ2n) is 3.11. The van der Waals surface area contributed by atoms with E-state index in [0.29, 0.717) is 0 Å². The molecular formula is C10H9N. The highest BCUT2D eigenvalue weighted by molar-refractivity contribution is 5.69. The van der Waals surface area contributed by atoms with Crippen molar-refractivity contribution in [1.29, 1.82) is 0 Å². The van der Waals surface area contributed by atoms with Crippen LogP contribution in [0.2, 0.25) is 0 Å². The summed E-state index contributed by atoms with van der Waals surface area (Å²) in [5.41, 5.74) is 4.39. The maximum Gasteiger partial charge on any atom is 0.0628 e. The summed E-state index contributed by atoms with van der Waals surface area (Å²) < 4.78 is 0. The monoisotopic (exact) mass is 143 g/mol. The normalized spacial score (nSPS) is 18.5. The number of benzene rings is 1. The van der Waals surface area contributed by atoms with Crippen LogP contribution in [-0.4, -0.2) is 6.54 Å². The van der Waals surface area contributed by atoms with Crippen molar-refractivity contribution >= 4 is 5.69 Å². The van der Waals surface area contributed by atoms with Gasteiger partial charge in [-0.15, -0.1) is 0 Å². The summed E-state index contributed by atoms with van der Waals surface area (Å²) >= 11 is 0. The molecule has 0 spiro atoms. The molecule has 0 atom stereocenters. The summed E-state index contributed by atoms with van der Waals surface area (Å²) in [6, 6.07) is 8.64. The molecule has 0 aromatic heterocycles. The van der Waals surface area contributed by atoms with Gasteiger partial charge in [0, 0.05) is 11.4 Å². The van der Waals surface area contributed by atoms with Gasteiger partial charge < -0.3 is 4.90 Å². The largest absolute Gasteiger partial charge is 0.337 e. The Morgan fingerprint density at radius 2 is 2.09 bits per heavy atom. The zero-order chi connectivity index (χ0) is 7.26. The van der Waals surface area contributed by atoms with Crippen LogP contribution in [0.25, 0.3) is 0 Å². The lowest BCUT2D eigenvalue weighted by atomic mass is 10.1. The maximum absolute atomic E-state index is 2.36. The third kappa shape index (κ3) is 0.653. The van der Waals surface area contributed by atoms with Crippen LogP contribution in [0.5, 0.6) is 0 Å². The van der Waals surface area contributed by atoms with Gasteiger partial charge in [0.25, 0.3) is 0 Å². The molecule has 0 N–H and O–H groups in total. The number of nitrogens with zero attached hydrogens (tertiary/aromatic N) is 1. The molecule has 11 heavy (non-hydrogen) atoms. The molecule has 1 nitrogen and oxygen atoms in total. The van der Waals surface area contributed by atoms with E-state index < -0.39 is 0 Å². The highest BCUT2D eigenvalue weighted by atomic mass is 15.3. The Kier molecular flexibility index (Phi) is 0.823. The van der Waals surface area contributed by atoms with E-state index in [0.717, 1.165) is 13.0 Å². The fourth-order valence-electron chi connectivity index (χ4n) is 1.72. The minimum absolute atomic E-state index is 1.13. The van der Waals surface area contributed by atoms with Gasteiger partial charge in [0.05, 0.1) is 6.54 Å². The zero-order valence-electron chi connectivity index (χ0n) is 6.25. The SMILES string of the molecule is C1=C2CN2c2ccccc2C1. The van der Waals surface area contributed by atoms with Gasteiger partial charge in [0.2, 0.25) is 0 Å². The van der Waals surface area contributed by atoms with Crippen LogP contribution in [0.15, 0.2) is 36.0 Å². The molecule has 0 bridgehead atoms. The lowest BCUT2D eigenvalue weighted by Gasteiger charge is -2.11. The number of allylic oxidation sites excluding steroid dienone is 1. The second-order valence-corrected chi connectivity index (χ2v) is 3.11. The summed E-state index contributed by atoms with van der Waals surface area (Å²) in [6.07, 6.45) is 3.45. The zero-order valence-corrected chi connectivity index (χ0v) is 6.25. The van der Waals surface area contributed by atoms with Gasteiger partial charge in [0.15, 0.2) is 0 Å². The van der Waals surface area contributed by atoms with Gasteiger partial charge in [-0.25, -0.2) is 0 Å². The molecule has 1 heteroatoms. The first-order valence-corrected chi connectivity index (χ1v) is 3.99. The Labute approximate surface area is 65.9 Å². The smallest absolute Gasteiger partial charge is 0.0628 e. The second kappa shape index (κ2) is 1.67. The van der Waals surface area contributed by atoms with Crippen LogP contribution in [0, 0.1) is 0 Å². The summed E-state index contributed by atoms with van der Waals surface area (Å²) in [5, 5.41) is 0. The van der Waals surface area contributed by atoms with Crippen molar-refractivity contribution in [2.75, 3.05) is 11.4 Å². The van der Waals surface area contributed by atoms with Gasteiger partial charge in [-0.2, -0.15) is 0 Å². The molecule has 54 valence electrons. The van der Waals surface area contributed by atoms with E-state index >= 15 is 0 Å². The molecule has 0 saturated carbocycles. The maximum atomic E-state index is 2.36. The molecule has 1 aromatic rings. The van der Waals surface area contributed by atoms with Crippen LogP contribution in [-0.2, 0) is 6.42 Å². The predicted molar refractivity (Wildman–Crippen MR) is 45.6 cm³/mol. The first kappa shape index (κ1) is 5.42. The van der Waals surface area contributed by atoms with Crippen LogP contribution in [0.3, 0.4) is 0 Å². The first-order valence-electron chi connectivity index (χ1n) is 3.99. The molecule has 1 saturated heterocycles. The van der Waals surface area contributed by atoms with Crippen LogP contribution in [0.4, 0.5) is 5.69 Å². The quantitative estimate of drug-likeness (QED) is 0.501. The Hall–Kier alpha value is -1.24. The molecule has 0 aliphatic carbocycles. The minimum Gasteiger partial charge on any atom is -0.337 e. The van der Waals surface area contributed by atoms with Crippen molar-refractivity contribution in [3.63, 3.8) is 0 Å². The van der Waals surface area contributed by atoms with E-state index in [-0.39, 0.29) is 0 Å². The Bertz CT molecular complexity index is 338. The standard InChI is InChI=1S/C10H9N/c1-2-4-10-8(3-1)5-6-9-7-11(9)10/h1-4,6H,5,7H2. The lowest BCUT2D eigenvalue weighted by Crippen LogP contribution is -1.99. The molecular weight excluding hydrogens is 134 g/mol. The van der Waals surface area contributed by atoms with Crippen molar-refractivity contribution in [1.82, 2.24) is 0 Å². The molecule has 0 radical (unpaired) electrons. The summed E-state index contributed by atoms with van der Waals surface area (Å²) in [5.74, 6) is 0. The van der Waals surface area contributed by atoms with Crippen molar-refractivity contribution in [2.45, 2.75) is 6.42 Å². The number of rotatable bonds is 0. The van der Waals surface area contributed by atoms with Crippen molar-refractivity contribution in [3.8, 4) is 0 Å². The number of hydrogen-bond donors (Lipinski definition) is 0. The number of fused-ring (bicyclic) bond motifs is 3. The van der Waals surface area contributed by atoms with Crippen LogP contribution < -0.4 is 4.90 Å². The molecule has 3 rings (SSSR count). The fraction of sp³-hybridized carbons (Fsp3) is 0.200. The summed E-state index contributed by atoms with van der Waals surface area (Å²) in [7, 11) is 0.